The molecule has 4 heteroatoms. The Morgan fingerprint density at radius 2 is 2.10 bits per heavy atom. The van der Waals surface area contributed by atoms with Crippen LogP contribution >= 0.6 is 0 Å². The first-order valence-corrected chi connectivity index (χ1v) is 6.94. The average Bonchev–Trinajstić information content (AvgIpc) is 2.96. The number of carbonyl (C=O) groups is 1. The minimum absolute atomic E-state index is 0.0444. The second-order valence-electron chi connectivity index (χ2n) is 5.21. The molecule has 0 saturated carbocycles. The second kappa shape index (κ2) is 5.29. The van der Waals surface area contributed by atoms with Crippen molar-refractivity contribution in [2.45, 2.75) is 25.5 Å². The summed E-state index contributed by atoms with van der Waals surface area (Å²) in [4.78, 5) is 14.4. The lowest BCUT2D eigenvalue weighted by molar-refractivity contribution is -0.137. The summed E-state index contributed by atoms with van der Waals surface area (Å²) in [5.74, 6) is -0.190. The van der Waals surface area contributed by atoms with Crippen LogP contribution in [-0.2, 0) is 14.3 Å². The number of hydrogen-bond donors (Lipinski definition) is 0. The smallest absolute Gasteiger partial charge is 0.336 e. The predicted molar refractivity (Wildman–Crippen MR) is 75.0 cm³/mol. The summed E-state index contributed by atoms with van der Waals surface area (Å²) in [6.07, 6.45) is 0.875. The number of allylic oxidation sites excluding steroid dienone is 1. The van der Waals surface area contributed by atoms with E-state index in [4.69, 9.17) is 9.47 Å². The summed E-state index contributed by atoms with van der Waals surface area (Å²) >= 11 is 0. The van der Waals surface area contributed by atoms with Crippen LogP contribution in [0.25, 0.3) is 0 Å². The molecule has 3 rings (SSSR count). The molecular weight excluding hydrogens is 254 g/mol. The molecule has 106 valence electrons. The molecule has 1 aromatic rings. The largest absolute Gasteiger partial charge is 0.466 e. The van der Waals surface area contributed by atoms with E-state index in [0.717, 1.165) is 36.4 Å². The van der Waals surface area contributed by atoms with Crippen LogP contribution in [0.5, 0.6) is 0 Å². The Labute approximate surface area is 119 Å². The highest BCUT2D eigenvalue weighted by molar-refractivity contribution is 5.91. The van der Waals surface area contributed by atoms with Gasteiger partial charge in [0, 0.05) is 24.6 Å². The number of nitrogens with zero attached hydrogens (tertiary/aromatic N) is 1. The molecular formula is C16H19NO3. The summed E-state index contributed by atoms with van der Waals surface area (Å²) in [6.45, 7) is 3.56. The van der Waals surface area contributed by atoms with Gasteiger partial charge in [0.15, 0.2) is 0 Å². The second-order valence-corrected chi connectivity index (χ2v) is 5.21. The van der Waals surface area contributed by atoms with Gasteiger partial charge >= 0.3 is 5.97 Å². The molecule has 0 aromatic heterocycles. The van der Waals surface area contributed by atoms with Gasteiger partial charge in [0.1, 0.15) is 6.23 Å². The molecule has 0 spiro atoms. The fraction of sp³-hybridized carbons (Fsp3) is 0.438. The number of esters is 1. The molecule has 0 aliphatic carbocycles. The molecule has 2 aliphatic heterocycles. The first-order chi connectivity index (χ1) is 9.72. The first kappa shape index (κ1) is 13.2. The van der Waals surface area contributed by atoms with Crippen LogP contribution < -0.4 is 0 Å². The highest BCUT2D eigenvalue weighted by Gasteiger charge is 2.39. The van der Waals surface area contributed by atoms with Crippen molar-refractivity contribution < 1.29 is 14.3 Å². The molecule has 4 nitrogen and oxygen atoms in total. The highest BCUT2D eigenvalue weighted by Crippen LogP contribution is 2.40. The van der Waals surface area contributed by atoms with Crippen LogP contribution in [0.4, 0.5) is 0 Å². The number of hydrogen-bond acceptors (Lipinski definition) is 4. The number of carbonyl (C=O) groups excluding carboxylic acids is 1. The molecule has 0 amide bonds. The molecule has 0 bridgehead atoms. The van der Waals surface area contributed by atoms with Gasteiger partial charge in [-0.2, -0.15) is 0 Å². The quantitative estimate of drug-likeness (QED) is 0.775. The van der Waals surface area contributed by atoms with Crippen molar-refractivity contribution in [1.82, 2.24) is 4.90 Å². The van der Waals surface area contributed by atoms with Crippen LogP contribution in [-0.4, -0.2) is 37.4 Å². The van der Waals surface area contributed by atoms with Crippen LogP contribution in [0.15, 0.2) is 41.6 Å². The van der Waals surface area contributed by atoms with Crippen molar-refractivity contribution in [3.8, 4) is 0 Å². The van der Waals surface area contributed by atoms with Crippen molar-refractivity contribution in [1.29, 1.82) is 0 Å². The van der Waals surface area contributed by atoms with Gasteiger partial charge in [-0.3, -0.25) is 0 Å². The Morgan fingerprint density at radius 1 is 1.35 bits per heavy atom. The summed E-state index contributed by atoms with van der Waals surface area (Å²) in [5, 5.41) is 0. The van der Waals surface area contributed by atoms with Crippen molar-refractivity contribution in [3.63, 3.8) is 0 Å². The summed E-state index contributed by atoms with van der Waals surface area (Å²) < 4.78 is 10.8. The number of methoxy groups -OCH3 is 1. The third-order valence-electron chi connectivity index (χ3n) is 4.20. The standard InChI is InChI=1S/C16H19NO3/c1-11-15(16(18)19-2)13(12-6-4-3-5-7-12)10-14-17(11)8-9-20-14/h3-7,13-14H,8-10H2,1-2H3. The number of benzene rings is 1. The topological polar surface area (TPSA) is 38.8 Å². The van der Waals surface area contributed by atoms with Gasteiger partial charge in [-0.25, -0.2) is 4.79 Å². The SMILES string of the molecule is COC(=O)C1=C(C)N2CCOC2CC1c1ccccc1. The van der Waals surface area contributed by atoms with Gasteiger partial charge < -0.3 is 14.4 Å². The molecule has 0 radical (unpaired) electrons. The van der Waals surface area contributed by atoms with Gasteiger partial charge in [-0.15, -0.1) is 0 Å². The van der Waals surface area contributed by atoms with Crippen molar-refractivity contribution in [3.05, 3.63) is 47.2 Å². The summed E-state index contributed by atoms with van der Waals surface area (Å²) in [5.41, 5.74) is 2.89. The van der Waals surface area contributed by atoms with Crippen LogP contribution in [0, 0.1) is 0 Å². The molecule has 2 aliphatic rings. The molecule has 2 unspecified atom stereocenters. The number of rotatable bonds is 2. The van der Waals surface area contributed by atoms with Crippen LogP contribution in [0.1, 0.15) is 24.8 Å². The third kappa shape index (κ3) is 2.10. The molecule has 1 saturated heterocycles. The lowest BCUT2D eigenvalue weighted by Gasteiger charge is -2.37. The van der Waals surface area contributed by atoms with E-state index in [1.807, 2.05) is 25.1 Å². The zero-order valence-electron chi connectivity index (χ0n) is 11.8. The molecule has 0 N–H and O–H groups in total. The van der Waals surface area contributed by atoms with E-state index < -0.39 is 0 Å². The van der Waals surface area contributed by atoms with E-state index in [1.165, 1.54) is 7.11 Å². The molecule has 20 heavy (non-hydrogen) atoms. The number of ether oxygens (including phenoxy) is 2. The molecule has 2 heterocycles. The maximum Gasteiger partial charge on any atom is 0.336 e. The molecule has 1 aromatic carbocycles. The Bertz CT molecular complexity index is 538. The van der Waals surface area contributed by atoms with Gasteiger partial charge in [0.2, 0.25) is 0 Å². The molecule has 2 atom stereocenters. The minimum Gasteiger partial charge on any atom is -0.466 e. The molecule has 1 fully saturated rings. The fourth-order valence-corrected chi connectivity index (χ4v) is 3.21. The Hall–Kier alpha value is -1.81. The zero-order valence-corrected chi connectivity index (χ0v) is 11.8. The number of fused-ring (bicyclic) bond motifs is 1. The van der Waals surface area contributed by atoms with Crippen LogP contribution in [0.2, 0.25) is 0 Å². The Morgan fingerprint density at radius 3 is 2.80 bits per heavy atom. The van der Waals surface area contributed by atoms with E-state index in [9.17, 15) is 4.79 Å². The Balaban J connectivity index is 2.05. The van der Waals surface area contributed by atoms with Gasteiger partial charge in [-0.1, -0.05) is 30.3 Å². The van der Waals surface area contributed by atoms with Gasteiger partial charge in [-0.05, 0) is 12.5 Å². The van der Waals surface area contributed by atoms with E-state index in [2.05, 4.69) is 17.0 Å². The summed E-state index contributed by atoms with van der Waals surface area (Å²) in [7, 11) is 1.44. The van der Waals surface area contributed by atoms with E-state index in [1.54, 1.807) is 0 Å². The van der Waals surface area contributed by atoms with Gasteiger partial charge in [0.25, 0.3) is 0 Å². The minimum atomic E-state index is -0.235. The lowest BCUT2D eigenvalue weighted by atomic mass is 9.83. The fourth-order valence-electron chi connectivity index (χ4n) is 3.21. The van der Waals surface area contributed by atoms with Crippen molar-refractivity contribution in [2.75, 3.05) is 20.3 Å². The normalized spacial score (nSPS) is 25.6. The zero-order chi connectivity index (χ0) is 14.1. The Kier molecular flexibility index (Phi) is 3.49. The van der Waals surface area contributed by atoms with E-state index in [0.29, 0.717) is 0 Å². The highest BCUT2D eigenvalue weighted by atomic mass is 16.5. The first-order valence-electron chi connectivity index (χ1n) is 6.94. The monoisotopic (exact) mass is 273 g/mol. The van der Waals surface area contributed by atoms with E-state index >= 15 is 0 Å². The summed E-state index contributed by atoms with van der Waals surface area (Å²) in [6, 6.07) is 10.1. The predicted octanol–water partition coefficient (Wildman–Crippen LogP) is 2.28. The maximum absolute atomic E-state index is 12.2. The average molecular weight is 273 g/mol. The third-order valence-corrected chi connectivity index (χ3v) is 4.20. The van der Waals surface area contributed by atoms with Crippen LogP contribution in [0.3, 0.4) is 0 Å². The van der Waals surface area contributed by atoms with E-state index in [-0.39, 0.29) is 18.1 Å². The lowest BCUT2D eigenvalue weighted by Crippen LogP contribution is -2.38. The maximum atomic E-state index is 12.2. The van der Waals surface area contributed by atoms with Crippen molar-refractivity contribution in [2.24, 2.45) is 0 Å². The van der Waals surface area contributed by atoms with Crippen molar-refractivity contribution >= 4 is 5.97 Å². The van der Waals surface area contributed by atoms with Gasteiger partial charge in [0.05, 0.1) is 19.3 Å².